The minimum atomic E-state index is -0.513. The van der Waals surface area contributed by atoms with E-state index < -0.39 is 11.7 Å². The number of anilines is 1. The number of rotatable bonds is 1. The fourth-order valence-corrected chi connectivity index (χ4v) is 3.41. The van der Waals surface area contributed by atoms with Crippen LogP contribution in [-0.2, 0) is 10.2 Å². The molecule has 0 aliphatic heterocycles. The van der Waals surface area contributed by atoms with Gasteiger partial charge in [-0.2, -0.15) is 0 Å². The summed E-state index contributed by atoms with van der Waals surface area (Å²) in [6.45, 7) is 12.0. The highest BCUT2D eigenvalue weighted by Crippen LogP contribution is 2.31. The molecule has 0 spiro atoms. The minimum Gasteiger partial charge on any atom is -0.444 e. The van der Waals surface area contributed by atoms with Crippen molar-refractivity contribution in [1.29, 1.82) is 0 Å². The van der Waals surface area contributed by atoms with Crippen molar-refractivity contribution in [2.24, 2.45) is 0 Å². The lowest BCUT2D eigenvalue weighted by atomic mass is 9.93. The third-order valence-corrected chi connectivity index (χ3v) is 4.53. The van der Waals surface area contributed by atoms with Gasteiger partial charge in [0.25, 0.3) is 0 Å². The number of amides is 1. The Morgan fingerprint density at radius 3 is 2.54 bits per heavy atom. The first-order valence-electron chi connectivity index (χ1n) is 7.95. The molecule has 2 heterocycles. The van der Waals surface area contributed by atoms with E-state index in [1.807, 2.05) is 39.0 Å². The Morgan fingerprint density at radius 1 is 1.21 bits per heavy atom. The number of benzene rings is 1. The van der Waals surface area contributed by atoms with E-state index >= 15 is 0 Å². The molecule has 0 bridgehead atoms. The van der Waals surface area contributed by atoms with Gasteiger partial charge in [-0.1, -0.05) is 32.1 Å². The second-order valence-electron chi connectivity index (χ2n) is 7.94. The number of aromatic nitrogens is 2. The third kappa shape index (κ3) is 3.38. The molecule has 0 aliphatic rings. The van der Waals surface area contributed by atoms with Crippen molar-refractivity contribution in [2.75, 3.05) is 5.32 Å². The summed E-state index contributed by atoms with van der Waals surface area (Å²) >= 11 is 1.61. The van der Waals surface area contributed by atoms with Gasteiger partial charge in [-0.25, -0.2) is 9.78 Å². The zero-order chi connectivity index (χ0) is 17.7. The van der Waals surface area contributed by atoms with Crippen LogP contribution in [-0.4, -0.2) is 21.1 Å². The van der Waals surface area contributed by atoms with Crippen molar-refractivity contribution in [3.8, 4) is 0 Å². The molecule has 0 radical (unpaired) electrons. The number of hydrogen-bond acceptors (Lipinski definition) is 4. The second-order valence-corrected chi connectivity index (χ2v) is 8.95. The predicted molar refractivity (Wildman–Crippen MR) is 99.1 cm³/mol. The molecule has 1 amide bonds. The average Bonchev–Trinajstić information content (AvgIpc) is 2.92. The van der Waals surface area contributed by atoms with Crippen LogP contribution in [0.2, 0.25) is 0 Å². The van der Waals surface area contributed by atoms with Crippen LogP contribution >= 0.6 is 11.3 Å². The van der Waals surface area contributed by atoms with Crippen molar-refractivity contribution in [3.05, 3.63) is 30.1 Å². The first-order chi connectivity index (χ1) is 11.0. The van der Waals surface area contributed by atoms with E-state index in [4.69, 9.17) is 9.72 Å². The van der Waals surface area contributed by atoms with Crippen LogP contribution < -0.4 is 5.32 Å². The number of fused-ring (bicyclic) bond motifs is 3. The monoisotopic (exact) mass is 345 g/mol. The highest BCUT2D eigenvalue weighted by Gasteiger charge is 2.20. The number of nitrogens with zero attached hydrogens (tertiary/aromatic N) is 2. The van der Waals surface area contributed by atoms with Gasteiger partial charge in [0.2, 0.25) is 0 Å². The van der Waals surface area contributed by atoms with Crippen LogP contribution in [0.1, 0.15) is 47.2 Å². The fraction of sp³-hybridized carbons (Fsp3) is 0.444. The molecule has 1 aromatic carbocycles. The molecule has 2 aromatic heterocycles. The summed E-state index contributed by atoms with van der Waals surface area (Å²) in [4.78, 5) is 17.6. The molecular formula is C18H23N3O2S. The van der Waals surface area contributed by atoms with Gasteiger partial charge in [-0.3, -0.25) is 9.72 Å². The topological polar surface area (TPSA) is 55.6 Å². The van der Waals surface area contributed by atoms with E-state index in [0.717, 1.165) is 26.6 Å². The van der Waals surface area contributed by atoms with Gasteiger partial charge in [0.05, 0.1) is 15.9 Å². The molecule has 3 aromatic rings. The molecule has 0 saturated carbocycles. The van der Waals surface area contributed by atoms with Gasteiger partial charge in [0.1, 0.15) is 5.60 Å². The summed E-state index contributed by atoms with van der Waals surface area (Å²) in [6, 6.07) is 5.84. The molecular weight excluding hydrogens is 322 g/mol. The van der Waals surface area contributed by atoms with Crippen molar-refractivity contribution < 1.29 is 9.53 Å². The van der Waals surface area contributed by atoms with Crippen molar-refractivity contribution in [1.82, 2.24) is 9.38 Å². The smallest absolute Gasteiger partial charge is 0.412 e. The van der Waals surface area contributed by atoms with E-state index in [1.165, 1.54) is 0 Å². The standard InChI is InChI=1S/C18H23N3O2S/c1-17(2,3)14-10-21-12-8-7-11(9-13(12)24-15(21)20-14)19-16(22)23-18(4,5)6/h7-10H,1-6H3,(H,19,22). The summed E-state index contributed by atoms with van der Waals surface area (Å²) in [5.41, 5.74) is 2.40. The summed E-state index contributed by atoms with van der Waals surface area (Å²) in [6.07, 6.45) is 1.65. The number of imidazole rings is 1. The van der Waals surface area contributed by atoms with E-state index in [-0.39, 0.29) is 5.41 Å². The van der Waals surface area contributed by atoms with Crippen LogP contribution in [0.4, 0.5) is 10.5 Å². The Morgan fingerprint density at radius 2 is 1.92 bits per heavy atom. The number of ether oxygens (including phenoxy) is 1. The number of hydrogen-bond donors (Lipinski definition) is 1. The van der Waals surface area contributed by atoms with Gasteiger partial charge in [-0.15, -0.1) is 0 Å². The van der Waals surface area contributed by atoms with Crippen molar-refractivity contribution in [3.63, 3.8) is 0 Å². The van der Waals surface area contributed by atoms with Gasteiger partial charge < -0.3 is 4.74 Å². The largest absolute Gasteiger partial charge is 0.444 e. The normalized spacial score (nSPS) is 12.8. The lowest BCUT2D eigenvalue weighted by Crippen LogP contribution is -2.27. The van der Waals surface area contributed by atoms with E-state index in [9.17, 15) is 4.79 Å². The maximum Gasteiger partial charge on any atom is 0.412 e. The Labute approximate surface area is 145 Å². The molecule has 0 atom stereocenters. The summed E-state index contributed by atoms with van der Waals surface area (Å²) in [5, 5.41) is 2.78. The molecule has 1 N–H and O–H groups in total. The molecule has 24 heavy (non-hydrogen) atoms. The SMILES string of the molecule is CC(C)(C)OC(=O)Nc1ccc2c(c1)sc1nc(C(C)(C)C)cn12. The van der Waals surface area contributed by atoms with E-state index in [2.05, 4.69) is 36.7 Å². The van der Waals surface area contributed by atoms with Crippen molar-refractivity contribution in [2.45, 2.75) is 52.6 Å². The summed E-state index contributed by atoms with van der Waals surface area (Å²) in [5.74, 6) is 0. The number of carbonyl (C=O) groups excluding carboxylic acids is 1. The fourth-order valence-electron chi connectivity index (χ4n) is 2.36. The number of thiazole rings is 1. The molecule has 128 valence electrons. The number of carbonyl (C=O) groups is 1. The zero-order valence-corrected chi connectivity index (χ0v) is 15.7. The number of nitrogens with one attached hydrogen (secondary N) is 1. The van der Waals surface area contributed by atoms with Crippen molar-refractivity contribution >= 4 is 38.3 Å². The minimum absolute atomic E-state index is 0.0241. The molecule has 0 saturated heterocycles. The first-order valence-corrected chi connectivity index (χ1v) is 8.77. The molecule has 6 heteroatoms. The Bertz CT molecular complexity index is 910. The van der Waals surface area contributed by atoms with Gasteiger partial charge in [-0.05, 0) is 39.0 Å². The van der Waals surface area contributed by atoms with Gasteiger partial charge >= 0.3 is 6.09 Å². The highest BCUT2D eigenvalue weighted by atomic mass is 32.1. The van der Waals surface area contributed by atoms with Gasteiger partial charge in [0.15, 0.2) is 4.96 Å². The van der Waals surface area contributed by atoms with Crippen LogP contribution in [0.5, 0.6) is 0 Å². The van der Waals surface area contributed by atoms with Crippen LogP contribution in [0.3, 0.4) is 0 Å². The first kappa shape index (κ1) is 16.8. The maximum absolute atomic E-state index is 11.9. The Kier molecular flexibility index (Phi) is 3.83. The molecule has 5 nitrogen and oxygen atoms in total. The lowest BCUT2D eigenvalue weighted by molar-refractivity contribution is 0.0636. The zero-order valence-electron chi connectivity index (χ0n) is 14.9. The highest BCUT2D eigenvalue weighted by molar-refractivity contribution is 7.23. The van der Waals surface area contributed by atoms with Crippen LogP contribution in [0.15, 0.2) is 24.4 Å². The average molecular weight is 345 g/mol. The Hall–Kier alpha value is -2.08. The quantitative estimate of drug-likeness (QED) is 0.660. The molecule has 3 rings (SSSR count). The van der Waals surface area contributed by atoms with E-state index in [0.29, 0.717) is 0 Å². The summed E-state index contributed by atoms with van der Waals surface area (Å²) < 4.78 is 8.47. The predicted octanol–water partition coefficient (Wildman–Crippen LogP) is 5.19. The third-order valence-electron chi connectivity index (χ3n) is 3.51. The maximum atomic E-state index is 11.9. The van der Waals surface area contributed by atoms with Gasteiger partial charge in [0, 0.05) is 17.3 Å². The Balaban J connectivity index is 1.91. The van der Waals surface area contributed by atoms with E-state index in [1.54, 1.807) is 11.3 Å². The summed E-state index contributed by atoms with van der Waals surface area (Å²) in [7, 11) is 0. The molecule has 0 fully saturated rings. The lowest BCUT2D eigenvalue weighted by Gasteiger charge is -2.19. The van der Waals surface area contributed by atoms with Crippen LogP contribution in [0, 0.1) is 0 Å². The van der Waals surface area contributed by atoms with Crippen LogP contribution in [0.25, 0.3) is 15.2 Å². The molecule has 0 unspecified atom stereocenters. The molecule has 0 aliphatic carbocycles. The second kappa shape index (κ2) is 5.48.